The molecule has 0 aliphatic heterocycles. The van der Waals surface area contributed by atoms with E-state index in [-0.39, 0.29) is 11.6 Å². The third-order valence-corrected chi connectivity index (χ3v) is 2.06. The molecule has 0 radical (unpaired) electrons. The first-order chi connectivity index (χ1) is 7.51. The number of aromatic nitrogens is 1. The smallest absolute Gasteiger partial charge is 0.406 e. The molecule has 0 aliphatic rings. The lowest BCUT2D eigenvalue weighted by Crippen LogP contribution is -2.03. The molecule has 1 aromatic rings. The maximum atomic E-state index is 12.6. The van der Waals surface area contributed by atoms with Gasteiger partial charge >= 0.3 is 5.82 Å². The Morgan fingerprint density at radius 2 is 2.31 bits per heavy atom. The summed E-state index contributed by atoms with van der Waals surface area (Å²) in [6.45, 7) is 0. The lowest BCUT2D eigenvalue weighted by Gasteiger charge is -2.07. The monoisotopic (exact) mass is 252 g/mol. The first-order valence-electron chi connectivity index (χ1n) is 4.07. The predicted molar refractivity (Wildman–Crippen MR) is 52.0 cm³/mol. The minimum Gasteiger partial charge on any atom is -0.489 e. The highest BCUT2D eigenvalue weighted by Gasteiger charge is 2.27. The van der Waals surface area contributed by atoms with Gasteiger partial charge in [0.05, 0.1) is 18.6 Å². The van der Waals surface area contributed by atoms with Crippen molar-refractivity contribution in [1.29, 1.82) is 0 Å². The fourth-order valence-corrected chi connectivity index (χ4v) is 1.29. The topological polar surface area (TPSA) is 65.3 Å². The Morgan fingerprint density at radius 1 is 1.69 bits per heavy atom. The summed E-state index contributed by atoms with van der Waals surface area (Å²) in [6, 6.07) is 0.990. The van der Waals surface area contributed by atoms with Gasteiger partial charge in [-0.2, -0.15) is 0 Å². The molecule has 5 nitrogen and oxygen atoms in total. The van der Waals surface area contributed by atoms with Crippen LogP contribution >= 0.6 is 11.6 Å². The van der Waals surface area contributed by atoms with Crippen molar-refractivity contribution in [1.82, 2.24) is 4.98 Å². The quantitative estimate of drug-likeness (QED) is 0.469. The maximum Gasteiger partial charge on any atom is 0.406 e. The zero-order valence-corrected chi connectivity index (χ0v) is 8.87. The highest BCUT2D eigenvalue weighted by molar-refractivity contribution is 6.16. The van der Waals surface area contributed by atoms with Crippen LogP contribution in [0.5, 0.6) is 5.75 Å². The lowest BCUT2D eigenvalue weighted by molar-refractivity contribution is -0.390. The number of nitrogens with zero attached hydrogens (tertiary/aromatic N) is 2. The van der Waals surface area contributed by atoms with Crippen molar-refractivity contribution in [3.63, 3.8) is 0 Å². The van der Waals surface area contributed by atoms with Crippen LogP contribution in [0.25, 0.3) is 0 Å². The van der Waals surface area contributed by atoms with E-state index in [0.717, 1.165) is 13.2 Å². The van der Waals surface area contributed by atoms with E-state index in [0.29, 0.717) is 0 Å². The molecular formula is C8H7ClF2N2O3. The van der Waals surface area contributed by atoms with E-state index < -0.39 is 28.5 Å². The third kappa shape index (κ3) is 2.35. The molecule has 0 bridgehead atoms. The van der Waals surface area contributed by atoms with E-state index in [1.165, 1.54) is 0 Å². The maximum absolute atomic E-state index is 12.6. The summed E-state index contributed by atoms with van der Waals surface area (Å²) in [6.07, 6.45) is -2.89. The summed E-state index contributed by atoms with van der Waals surface area (Å²) < 4.78 is 29.8. The van der Waals surface area contributed by atoms with Crippen LogP contribution in [-0.4, -0.2) is 17.0 Å². The molecule has 0 unspecified atom stereocenters. The summed E-state index contributed by atoms with van der Waals surface area (Å²) in [5.41, 5.74) is -0.579. The molecule has 0 atom stereocenters. The standard InChI is InChI=1S/C8H7ClF2N2O3/c1-16-6-5(7(10)11)2-4(3-9)12-8(6)13(14)15/h2,7H,3H2,1H3. The molecule has 0 N–H and O–H groups in total. The van der Waals surface area contributed by atoms with E-state index in [1.807, 2.05) is 0 Å². The van der Waals surface area contributed by atoms with Crippen molar-refractivity contribution in [2.24, 2.45) is 0 Å². The molecular weight excluding hydrogens is 246 g/mol. The average Bonchev–Trinajstić information content (AvgIpc) is 2.26. The Morgan fingerprint density at radius 3 is 2.69 bits per heavy atom. The number of nitro groups is 1. The van der Waals surface area contributed by atoms with Gasteiger partial charge in [-0.1, -0.05) is 0 Å². The number of rotatable bonds is 4. The second kappa shape index (κ2) is 5.02. The second-order valence-electron chi connectivity index (χ2n) is 2.75. The first-order valence-corrected chi connectivity index (χ1v) is 4.61. The zero-order valence-electron chi connectivity index (χ0n) is 8.11. The number of methoxy groups -OCH3 is 1. The van der Waals surface area contributed by atoms with Gasteiger partial charge in [-0.15, -0.1) is 11.6 Å². The first kappa shape index (κ1) is 12.6. The van der Waals surface area contributed by atoms with Crippen molar-refractivity contribution >= 4 is 17.4 Å². The summed E-state index contributed by atoms with van der Waals surface area (Å²) in [5, 5.41) is 10.6. The van der Waals surface area contributed by atoms with Crippen molar-refractivity contribution in [2.45, 2.75) is 12.3 Å². The van der Waals surface area contributed by atoms with Crippen LogP contribution in [0.3, 0.4) is 0 Å². The number of alkyl halides is 3. The highest BCUT2D eigenvalue weighted by atomic mass is 35.5. The summed E-state index contributed by atoms with van der Waals surface area (Å²) in [5.74, 6) is -1.48. The van der Waals surface area contributed by atoms with E-state index in [4.69, 9.17) is 11.6 Å². The van der Waals surface area contributed by atoms with E-state index >= 15 is 0 Å². The second-order valence-corrected chi connectivity index (χ2v) is 3.02. The van der Waals surface area contributed by atoms with Gasteiger partial charge in [-0.3, -0.25) is 0 Å². The molecule has 8 heteroatoms. The van der Waals surface area contributed by atoms with Crippen LogP contribution in [0.1, 0.15) is 17.7 Å². The Labute approximate surface area is 94.1 Å². The number of hydrogen-bond acceptors (Lipinski definition) is 4. The van der Waals surface area contributed by atoms with Crippen molar-refractivity contribution in [3.8, 4) is 5.75 Å². The SMILES string of the molecule is COc1c(C(F)F)cc(CCl)nc1[N+](=O)[O-]. The van der Waals surface area contributed by atoms with Crippen LogP contribution in [-0.2, 0) is 5.88 Å². The third-order valence-electron chi connectivity index (χ3n) is 1.79. The highest BCUT2D eigenvalue weighted by Crippen LogP contribution is 2.36. The van der Waals surface area contributed by atoms with Crippen molar-refractivity contribution in [3.05, 3.63) is 27.4 Å². The molecule has 0 fully saturated rings. The molecule has 1 aromatic heterocycles. The van der Waals surface area contributed by atoms with Gasteiger partial charge in [-0.25, -0.2) is 8.78 Å². The molecule has 16 heavy (non-hydrogen) atoms. The summed E-state index contributed by atoms with van der Waals surface area (Å²) in [4.78, 5) is 13.2. The van der Waals surface area contributed by atoms with Gasteiger partial charge < -0.3 is 14.9 Å². The van der Waals surface area contributed by atoms with Crippen LogP contribution in [0.4, 0.5) is 14.6 Å². The number of hydrogen-bond donors (Lipinski definition) is 0. The average molecular weight is 253 g/mol. The largest absolute Gasteiger partial charge is 0.489 e. The summed E-state index contributed by atoms with van der Waals surface area (Å²) in [7, 11) is 1.07. The molecule has 1 heterocycles. The fourth-order valence-electron chi connectivity index (χ4n) is 1.16. The summed E-state index contributed by atoms with van der Waals surface area (Å²) >= 11 is 5.40. The van der Waals surface area contributed by atoms with E-state index in [9.17, 15) is 18.9 Å². The Hall–Kier alpha value is -1.50. The van der Waals surface area contributed by atoms with Crippen LogP contribution < -0.4 is 4.74 Å². The normalized spacial score (nSPS) is 10.6. The number of pyridine rings is 1. The van der Waals surface area contributed by atoms with Gasteiger partial charge in [0.1, 0.15) is 0 Å². The molecule has 0 amide bonds. The zero-order chi connectivity index (χ0) is 12.3. The number of halogens is 3. The van der Waals surface area contributed by atoms with Crippen LogP contribution in [0.15, 0.2) is 6.07 Å². The van der Waals surface area contributed by atoms with Crippen LogP contribution in [0, 0.1) is 10.1 Å². The Kier molecular flexibility index (Phi) is 3.94. The number of ether oxygens (including phenoxy) is 1. The van der Waals surface area contributed by atoms with E-state index in [1.54, 1.807) is 0 Å². The minimum absolute atomic E-state index is 0.00414. The Bertz CT molecular complexity index is 415. The molecule has 0 saturated carbocycles. The van der Waals surface area contributed by atoms with Gasteiger partial charge in [0, 0.05) is 0 Å². The molecule has 0 aromatic carbocycles. The molecule has 0 aliphatic carbocycles. The van der Waals surface area contributed by atoms with Crippen molar-refractivity contribution < 1.29 is 18.4 Å². The van der Waals surface area contributed by atoms with E-state index in [2.05, 4.69) is 9.72 Å². The predicted octanol–water partition coefficient (Wildman–Crippen LogP) is 2.67. The minimum atomic E-state index is -2.89. The molecule has 0 saturated heterocycles. The van der Waals surface area contributed by atoms with Gasteiger partial charge in [-0.05, 0) is 16.0 Å². The molecule has 1 rings (SSSR count). The van der Waals surface area contributed by atoms with Gasteiger partial charge in [0.2, 0.25) is 5.75 Å². The molecule has 88 valence electrons. The fraction of sp³-hybridized carbons (Fsp3) is 0.375. The Balaban J connectivity index is 3.46. The lowest BCUT2D eigenvalue weighted by atomic mass is 10.2. The molecule has 0 spiro atoms. The van der Waals surface area contributed by atoms with Gasteiger partial charge in [0.25, 0.3) is 6.43 Å². The van der Waals surface area contributed by atoms with Crippen LogP contribution in [0.2, 0.25) is 0 Å². The van der Waals surface area contributed by atoms with Gasteiger partial charge in [0.15, 0.2) is 5.69 Å². The van der Waals surface area contributed by atoms with Crippen molar-refractivity contribution in [2.75, 3.05) is 7.11 Å².